The summed E-state index contributed by atoms with van der Waals surface area (Å²) in [7, 11) is 0. The summed E-state index contributed by atoms with van der Waals surface area (Å²) >= 11 is 1.46. The van der Waals surface area contributed by atoms with Crippen molar-refractivity contribution in [2.45, 2.75) is 19.0 Å². The molecule has 2 aromatic heterocycles. The van der Waals surface area contributed by atoms with Crippen LogP contribution in [0.2, 0.25) is 0 Å². The van der Waals surface area contributed by atoms with E-state index >= 15 is 0 Å². The van der Waals surface area contributed by atoms with E-state index in [1.165, 1.54) is 22.6 Å². The number of hydrogen-bond donors (Lipinski definition) is 3. The highest BCUT2D eigenvalue weighted by molar-refractivity contribution is 7.08. The molecule has 20 heavy (non-hydrogen) atoms. The Kier molecular flexibility index (Phi) is 3.15. The SMILES string of the molecule is O=C(O)C1Cc2nc[nH]c2CN1C(=O)Nc1ccsc1. The molecule has 0 bridgehead atoms. The van der Waals surface area contributed by atoms with Crippen LogP contribution in [0.15, 0.2) is 23.2 Å². The fourth-order valence-corrected chi connectivity index (χ4v) is 2.79. The van der Waals surface area contributed by atoms with E-state index in [1.54, 1.807) is 11.4 Å². The molecular formula is C12H12N4O3S. The van der Waals surface area contributed by atoms with Gasteiger partial charge in [-0.15, -0.1) is 0 Å². The number of fused-ring (bicyclic) bond motifs is 1. The topological polar surface area (TPSA) is 98.3 Å². The molecular weight excluding hydrogens is 280 g/mol. The van der Waals surface area contributed by atoms with Crippen molar-refractivity contribution >= 4 is 29.0 Å². The molecule has 3 rings (SSSR count). The number of carbonyl (C=O) groups excluding carboxylic acids is 1. The lowest BCUT2D eigenvalue weighted by atomic mass is 10.0. The van der Waals surface area contributed by atoms with Crippen LogP contribution in [0.25, 0.3) is 0 Å². The molecule has 0 saturated carbocycles. The van der Waals surface area contributed by atoms with Gasteiger partial charge in [-0.2, -0.15) is 11.3 Å². The average molecular weight is 292 g/mol. The first-order chi connectivity index (χ1) is 9.65. The molecule has 0 fully saturated rings. The maximum absolute atomic E-state index is 12.2. The van der Waals surface area contributed by atoms with E-state index in [2.05, 4.69) is 15.3 Å². The summed E-state index contributed by atoms with van der Waals surface area (Å²) in [5.74, 6) is -1.03. The Balaban J connectivity index is 1.82. The summed E-state index contributed by atoms with van der Waals surface area (Å²) in [4.78, 5) is 31.9. The van der Waals surface area contributed by atoms with Crippen LogP contribution in [0.1, 0.15) is 11.4 Å². The number of carboxylic acids is 1. The molecule has 1 aliphatic heterocycles. The number of carbonyl (C=O) groups is 2. The summed E-state index contributed by atoms with van der Waals surface area (Å²) in [6.45, 7) is 0.211. The maximum atomic E-state index is 12.2. The van der Waals surface area contributed by atoms with Crippen molar-refractivity contribution in [1.29, 1.82) is 0 Å². The molecule has 0 aromatic carbocycles. The molecule has 1 atom stereocenters. The molecule has 2 aromatic rings. The lowest BCUT2D eigenvalue weighted by Crippen LogP contribution is -2.50. The zero-order valence-corrected chi connectivity index (χ0v) is 11.2. The highest BCUT2D eigenvalue weighted by Crippen LogP contribution is 2.22. The number of urea groups is 1. The van der Waals surface area contributed by atoms with Crippen LogP contribution < -0.4 is 5.32 Å². The zero-order chi connectivity index (χ0) is 14.1. The van der Waals surface area contributed by atoms with E-state index in [1.807, 2.05) is 5.38 Å². The number of aromatic amines is 1. The smallest absolute Gasteiger partial charge is 0.326 e. The molecule has 104 valence electrons. The quantitative estimate of drug-likeness (QED) is 0.781. The highest BCUT2D eigenvalue weighted by atomic mass is 32.1. The minimum Gasteiger partial charge on any atom is -0.480 e. The van der Waals surface area contributed by atoms with Crippen LogP contribution in [-0.4, -0.2) is 38.0 Å². The predicted molar refractivity (Wildman–Crippen MR) is 72.6 cm³/mol. The Morgan fingerprint density at radius 1 is 1.55 bits per heavy atom. The predicted octanol–water partition coefficient (Wildman–Crippen LogP) is 1.51. The third-order valence-corrected chi connectivity index (χ3v) is 3.90. The molecule has 8 heteroatoms. The van der Waals surface area contributed by atoms with Crippen LogP contribution in [0.4, 0.5) is 10.5 Å². The van der Waals surface area contributed by atoms with Gasteiger partial charge in [0.15, 0.2) is 0 Å². The van der Waals surface area contributed by atoms with E-state index in [0.717, 1.165) is 5.69 Å². The van der Waals surface area contributed by atoms with Crippen molar-refractivity contribution in [1.82, 2.24) is 14.9 Å². The number of carboxylic acid groups (broad SMARTS) is 1. The van der Waals surface area contributed by atoms with Crippen molar-refractivity contribution in [2.75, 3.05) is 5.32 Å². The fourth-order valence-electron chi connectivity index (χ4n) is 2.20. The molecule has 1 aliphatic rings. The monoisotopic (exact) mass is 292 g/mol. The maximum Gasteiger partial charge on any atom is 0.326 e. The number of nitrogens with zero attached hydrogens (tertiary/aromatic N) is 2. The van der Waals surface area contributed by atoms with Gasteiger partial charge in [-0.1, -0.05) is 0 Å². The van der Waals surface area contributed by atoms with E-state index < -0.39 is 18.0 Å². The largest absolute Gasteiger partial charge is 0.480 e. The first-order valence-electron chi connectivity index (χ1n) is 5.99. The van der Waals surface area contributed by atoms with Crippen molar-refractivity contribution < 1.29 is 14.7 Å². The average Bonchev–Trinajstić information content (AvgIpc) is 3.06. The van der Waals surface area contributed by atoms with Gasteiger partial charge in [0.2, 0.25) is 0 Å². The van der Waals surface area contributed by atoms with E-state index in [4.69, 9.17) is 0 Å². The van der Waals surface area contributed by atoms with Gasteiger partial charge in [-0.3, -0.25) is 0 Å². The molecule has 0 aliphatic carbocycles. The Bertz CT molecular complexity index is 637. The molecule has 3 N–H and O–H groups in total. The van der Waals surface area contributed by atoms with Crippen molar-refractivity contribution in [3.05, 3.63) is 34.5 Å². The number of aliphatic carboxylic acids is 1. The van der Waals surface area contributed by atoms with Gasteiger partial charge in [-0.25, -0.2) is 14.6 Å². The number of amides is 2. The number of nitrogens with one attached hydrogen (secondary N) is 2. The summed E-state index contributed by atoms with van der Waals surface area (Å²) in [6.07, 6.45) is 1.73. The van der Waals surface area contributed by atoms with E-state index in [9.17, 15) is 14.7 Å². The van der Waals surface area contributed by atoms with E-state index in [0.29, 0.717) is 11.4 Å². The second-order valence-corrected chi connectivity index (χ2v) is 5.24. The van der Waals surface area contributed by atoms with Crippen LogP contribution in [-0.2, 0) is 17.8 Å². The Morgan fingerprint density at radius 2 is 2.40 bits per heavy atom. The lowest BCUT2D eigenvalue weighted by Gasteiger charge is -2.32. The van der Waals surface area contributed by atoms with Gasteiger partial charge in [0.05, 0.1) is 29.9 Å². The van der Waals surface area contributed by atoms with Gasteiger partial charge in [0, 0.05) is 11.8 Å². The summed E-state index contributed by atoms with van der Waals surface area (Å²) < 4.78 is 0. The fraction of sp³-hybridized carbons (Fsp3) is 0.250. The second-order valence-electron chi connectivity index (χ2n) is 4.46. The third-order valence-electron chi connectivity index (χ3n) is 3.22. The number of thiophene rings is 1. The van der Waals surface area contributed by atoms with Crippen LogP contribution in [0.3, 0.4) is 0 Å². The van der Waals surface area contributed by atoms with Gasteiger partial charge in [-0.05, 0) is 11.4 Å². The molecule has 1 unspecified atom stereocenters. The minimum absolute atomic E-state index is 0.211. The van der Waals surface area contributed by atoms with Crippen LogP contribution in [0, 0.1) is 0 Å². The Hall–Kier alpha value is -2.35. The zero-order valence-electron chi connectivity index (χ0n) is 10.4. The number of imidazole rings is 1. The Morgan fingerprint density at radius 3 is 3.10 bits per heavy atom. The standard InChI is InChI=1S/C12H12N4O3S/c17-11(18)10-3-8-9(14-6-13-8)4-16(10)12(19)15-7-1-2-20-5-7/h1-2,5-6,10H,3-4H2,(H,13,14)(H,15,19)(H,17,18). The number of H-pyrrole nitrogens is 1. The molecule has 0 saturated heterocycles. The first-order valence-corrected chi connectivity index (χ1v) is 6.93. The minimum atomic E-state index is -1.03. The third kappa shape index (κ3) is 2.25. The van der Waals surface area contributed by atoms with Crippen molar-refractivity contribution in [3.63, 3.8) is 0 Å². The van der Waals surface area contributed by atoms with Gasteiger partial charge < -0.3 is 20.3 Å². The van der Waals surface area contributed by atoms with Crippen LogP contribution >= 0.6 is 11.3 Å². The summed E-state index contributed by atoms with van der Waals surface area (Å²) in [6, 6.07) is 0.449. The van der Waals surface area contributed by atoms with Crippen molar-refractivity contribution in [3.8, 4) is 0 Å². The van der Waals surface area contributed by atoms with Crippen molar-refractivity contribution in [2.24, 2.45) is 0 Å². The summed E-state index contributed by atoms with van der Waals surface area (Å²) in [5, 5.41) is 15.6. The van der Waals surface area contributed by atoms with Gasteiger partial charge >= 0.3 is 12.0 Å². The van der Waals surface area contributed by atoms with Crippen LogP contribution in [0.5, 0.6) is 0 Å². The molecule has 0 spiro atoms. The number of hydrogen-bond acceptors (Lipinski definition) is 4. The van der Waals surface area contributed by atoms with Gasteiger partial charge in [0.1, 0.15) is 6.04 Å². The Labute approximate surface area is 118 Å². The number of anilines is 1. The molecule has 7 nitrogen and oxygen atoms in total. The number of aromatic nitrogens is 2. The first kappa shape index (κ1) is 12.7. The van der Waals surface area contributed by atoms with Gasteiger partial charge in [0.25, 0.3) is 0 Å². The second kappa shape index (κ2) is 4.97. The molecule has 2 amide bonds. The normalized spacial score (nSPS) is 17.6. The highest BCUT2D eigenvalue weighted by Gasteiger charge is 2.36. The lowest BCUT2D eigenvalue weighted by molar-refractivity contribution is -0.142. The molecule has 0 radical (unpaired) electrons. The summed E-state index contributed by atoms with van der Waals surface area (Å²) in [5.41, 5.74) is 2.15. The molecule has 3 heterocycles. The van der Waals surface area contributed by atoms with E-state index in [-0.39, 0.29) is 13.0 Å². The number of rotatable bonds is 2.